The average Bonchev–Trinajstić information content (AvgIpc) is 2.61. The van der Waals surface area contributed by atoms with Crippen molar-refractivity contribution in [2.24, 2.45) is 0 Å². The van der Waals surface area contributed by atoms with Crippen molar-refractivity contribution in [2.75, 3.05) is 21.3 Å². The second kappa shape index (κ2) is 8.24. The molecular formula is C19H23NO4. The zero-order valence-electron chi connectivity index (χ0n) is 14.5. The molecular weight excluding hydrogens is 306 g/mol. The number of amides is 1. The maximum absolute atomic E-state index is 12.3. The van der Waals surface area contributed by atoms with Crippen LogP contribution in [-0.4, -0.2) is 27.2 Å². The Balaban J connectivity index is 2.05. The number of ether oxygens (including phenoxy) is 3. The molecule has 0 fully saturated rings. The van der Waals surface area contributed by atoms with Gasteiger partial charge in [0, 0.05) is 5.56 Å². The summed E-state index contributed by atoms with van der Waals surface area (Å²) in [5.41, 5.74) is 1.80. The predicted molar refractivity (Wildman–Crippen MR) is 92.8 cm³/mol. The molecule has 0 aliphatic carbocycles. The fourth-order valence-corrected chi connectivity index (χ4v) is 2.48. The summed E-state index contributed by atoms with van der Waals surface area (Å²) in [5, 5.41) is 2.99. The number of carbonyl (C=O) groups is 1. The van der Waals surface area contributed by atoms with Gasteiger partial charge < -0.3 is 19.5 Å². The van der Waals surface area contributed by atoms with Crippen LogP contribution in [0.5, 0.6) is 17.2 Å². The molecule has 5 heteroatoms. The highest BCUT2D eigenvalue weighted by atomic mass is 16.5. The normalized spacial score (nSPS) is 11.5. The van der Waals surface area contributed by atoms with Crippen molar-refractivity contribution < 1.29 is 19.0 Å². The molecule has 1 amide bonds. The lowest BCUT2D eigenvalue weighted by Gasteiger charge is -2.18. The van der Waals surface area contributed by atoms with E-state index in [9.17, 15) is 4.79 Å². The summed E-state index contributed by atoms with van der Waals surface area (Å²) < 4.78 is 15.7. The van der Waals surface area contributed by atoms with Crippen molar-refractivity contribution in [3.05, 3.63) is 53.6 Å². The maximum atomic E-state index is 12.3. The summed E-state index contributed by atoms with van der Waals surface area (Å²) in [5.74, 6) is 2.15. The van der Waals surface area contributed by atoms with Crippen LogP contribution < -0.4 is 19.5 Å². The lowest BCUT2D eigenvalue weighted by Crippen LogP contribution is -2.28. The summed E-state index contributed by atoms with van der Waals surface area (Å²) in [6, 6.07) is 12.8. The molecule has 0 radical (unpaired) electrons. The van der Waals surface area contributed by atoms with Gasteiger partial charge in [-0.15, -0.1) is 0 Å². The van der Waals surface area contributed by atoms with Gasteiger partial charge in [0.15, 0.2) is 0 Å². The van der Waals surface area contributed by atoms with Gasteiger partial charge in [0.05, 0.1) is 33.8 Å². The molecule has 1 N–H and O–H groups in total. The zero-order chi connectivity index (χ0) is 17.5. The number of benzene rings is 2. The van der Waals surface area contributed by atoms with Gasteiger partial charge in [-0.2, -0.15) is 0 Å². The topological polar surface area (TPSA) is 56.8 Å². The van der Waals surface area contributed by atoms with Crippen LogP contribution in [0.1, 0.15) is 24.1 Å². The van der Waals surface area contributed by atoms with E-state index in [-0.39, 0.29) is 11.9 Å². The maximum Gasteiger partial charge on any atom is 0.224 e. The average molecular weight is 329 g/mol. The van der Waals surface area contributed by atoms with Crippen LogP contribution in [0.4, 0.5) is 0 Å². The van der Waals surface area contributed by atoms with E-state index in [1.54, 1.807) is 21.3 Å². The second-order valence-electron chi connectivity index (χ2n) is 5.42. The third-order valence-corrected chi connectivity index (χ3v) is 3.80. The molecule has 0 aromatic heterocycles. The second-order valence-corrected chi connectivity index (χ2v) is 5.42. The molecule has 128 valence electrons. The van der Waals surface area contributed by atoms with Crippen LogP contribution in [0, 0.1) is 0 Å². The first-order valence-corrected chi connectivity index (χ1v) is 7.71. The predicted octanol–water partition coefficient (Wildman–Crippen LogP) is 3.13. The minimum Gasteiger partial charge on any atom is -0.497 e. The Labute approximate surface area is 142 Å². The van der Waals surface area contributed by atoms with Gasteiger partial charge in [-0.1, -0.05) is 12.1 Å². The molecule has 0 bridgehead atoms. The van der Waals surface area contributed by atoms with E-state index in [0.29, 0.717) is 12.2 Å². The van der Waals surface area contributed by atoms with Gasteiger partial charge in [0.2, 0.25) is 5.91 Å². The number of hydrogen-bond acceptors (Lipinski definition) is 4. The van der Waals surface area contributed by atoms with Crippen molar-refractivity contribution in [3.8, 4) is 17.2 Å². The van der Waals surface area contributed by atoms with Crippen LogP contribution in [0.2, 0.25) is 0 Å². The SMILES string of the molecule is COc1ccc(CC(=O)NC(C)c2cc(OC)ccc2OC)cc1. The Morgan fingerprint density at radius 1 is 0.958 bits per heavy atom. The van der Waals surface area contributed by atoms with Crippen molar-refractivity contribution in [2.45, 2.75) is 19.4 Å². The third kappa shape index (κ3) is 4.41. The quantitative estimate of drug-likeness (QED) is 0.848. The van der Waals surface area contributed by atoms with E-state index in [4.69, 9.17) is 14.2 Å². The van der Waals surface area contributed by atoms with Crippen LogP contribution in [0.25, 0.3) is 0 Å². The first kappa shape index (κ1) is 17.7. The largest absolute Gasteiger partial charge is 0.497 e. The standard InChI is InChI=1S/C19H23NO4/c1-13(17-12-16(23-3)9-10-18(17)24-4)20-19(21)11-14-5-7-15(22-2)8-6-14/h5-10,12-13H,11H2,1-4H3,(H,20,21). The smallest absolute Gasteiger partial charge is 0.224 e. The summed E-state index contributed by atoms with van der Waals surface area (Å²) in [6.45, 7) is 1.92. The number of methoxy groups -OCH3 is 3. The highest BCUT2D eigenvalue weighted by Crippen LogP contribution is 2.29. The summed E-state index contributed by atoms with van der Waals surface area (Å²) in [6.07, 6.45) is 0.306. The van der Waals surface area contributed by atoms with Crippen LogP contribution in [0.15, 0.2) is 42.5 Å². The van der Waals surface area contributed by atoms with Crippen LogP contribution >= 0.6 is 0 Å². The summed E-state index contributed by atoms with van der Waals surface area (Å²) in [4.78, 5) is 12.3. The fraction of sp³-hybridized carbons (Fsp3) is 0.316. The van der Waals surface area contributed by atoms with Gasteiger partial charge in [0.25, 0.3) is 0 Å². The van der Waals surface area contributed by atoms with Crippen molar-refractivity contribution >= 4 is 5.91 Å². The van der Waals surface area contributed by atoms with Crippen molar-refractivity contribution in [3.63, 3.8) is 0 Å². The molecule has 0 aliphatic heterocycles. The summed E-state index contributed by atoms with van der Waals surface area (Å²) in [7, 11) is 4.83. The minimum atomic E-state index is -0.194. The molecule has 0 spiro atoms. The molecule has 2 aromatic rings. The number of rotatable bonds is 7. The zero-order valence-corrected chi connectivity index (χ0v) is 14.5. The van der Waals surface area contributed by atoms with E-state index in [1.165, 1.54) is 0 Å². The third-order valence-electron chi connectivity index (χ3n) is 3.80. The Morgan fingerprint density at radius 2 is 1.58 bits per heavy atom. The van der Waals surface area contributed by atoms with E-state index >= 15 is 0 Å². The van der Waals surface area contributed by atoms with Gasteiger partial charge in [-0.25, -0.2) is 0 Å². The first-order valence-electron chi connectivity index (χ1n) is 7.71. The fourth-order valence-electron chi connectivity index (χ4n) is 2.48. The Morgan fingerprint density at radius 3 is 2.17 bits per heavy atom. The molecule has 0 saturated carbocycles. The molecule has 5 nitrogen and oxygen atoms in total. The van der Waals surface area contributed by atoms with Crippen molar-refractivity contribution in [1.82, 2.24) is 5.32 Å². The van der Waals surface area contributed by atoms with Gasteiger partial charge >= 0.3 is 0 Å². The molecule has 0 heterocycles. The minimum absolute atomic E-state index is 0.0578. The highest BCUT2D eigenvalue weighted by molar-refractivity contribution is 5.79. The monoisotopic (exact) mass is 329 g/mol. The molecule has 1 unspecified atom stereocenters. The highest BCUT2D eigenvalue weighted by Gasteiger charge is 2.15. The number of nitrogens with one attached hydrogen (secondary N) is 1. The molecule has 0 aliphatic rings. The number of carbonyl (C=O) groups excluding carboxylic acids is 1. The molecule has 2 rings (SSSR count). The Kier molecular flexibility index (Phi) is 6.07. The Bertz CT molecular complexity index is 682. The molecule has 2 aromatic carbocycles. The van der Waals surface area contributed by atoms with E-state index in [1.807, 2.05) is 49.4 Å². The molecule has 1 atom stereocenters. The molecule has 0 saturated heterocycles. The van der Waals surface area contributed by atoms with Gasteiger partial charge in [0.1, 0.15) is 17.2 Å². The van der Waals surface area contributed by atoms with Crippen molar-refractivity contribution in [1.29, 1.82) is 0 Å². The first-order chi connectivity index (χ1) is 11.6. The van der Waals surface area contributed by atoms with Crippen LogP contribution in [0.3, 0.4) is 0 Å². The lowest BCUT2D eigenvalue weighted by atomic mass is 10.1. The molecule has 24 heavy (non-hydrogen) atoms. The van der Waals surface area contributed by atoms with E-state index in [0.717, 1.165) is 22.6 Å². The van der Waals surface area contributed by atoms with E-state index in [2.05, 4.69) is 5.32 Å². The number of hydrogen-bond donors (Lipinski definition) is 1. The van der Waals surface area contributed by atoms with Crippen LogP contribution in [-0.2, 0) is 11.2 Å². The Hall–Kier alpha value is -2.69. The van der Waals surface area contributed by atoms with E-state index < -0.39 is 0 Å². The van der Waals surface area contributed by atoms with Gasteiger partial charge in [-0.3, -0.25) is 4.79 Å². The van der Waals surface area contributed by atoms with Gasteiger partial charge in [-0.05, 0) is 42.8 Å². The summed E-state index contributed by atoms with van der Waals surface area (Å²) >= 11 is 0. The lowest BCUT2D eigenvalue weighted by molar-refractivity contribution is -0.121.